The highest BCUT2D eigenvalue weighted by Crippen LogP contribution is 2.19. The van der Waals surface area contributed by atoms with E-state index < -0.39 is 12.0 Å². The summed E-state index contributed by atoms with van der Waals surface area (Å²) in [6.07, 6.45) is 1.90. The van der Waals surface area contributed by atoms with Crippen LogP contribution in [0.25, 0.3) is 0 Å². The van der Waals surface area contributed by atoms with Gasteiger partial charge in [-0.15, -0.1) is 0 Å². The van der Waals surface area contributed by atoms with Crippen LogP contribution in [0.2, 0.25) is 0 Å². The normalized spacial score (nSPS) is 17.9. The zero-order chi connectivity index (χ0) is 16.8. The Morgan fingerprint density at radius 2 is 1.83 bits per heavy atom. The molecule has 1 atom stereocenters. The number of benzene rings is 1. The van der Waals surface area contributed by atoms with Crippen LogP contribution in [0.4, 0.5) is 0 Å². The maximum absolute atomic E-state index is 12.4. The molecular formula is C18H26N2O3. The number of likely N-dealkylation sites (tertiary alicyclic amines) is 1. The highest BCUT2D eigenvalue weighted by Gasteiger charge is 2.29. The second-order valence-electron chi connectivity index (χ2n) is 6.49. The molecule has 1 amide bonds. The molecule has 1 aliphatic heterocycles. The van der Waals surface area contributed by atoms with Crippen molar-refractivity contribution < 1.29 is 14.7 Å². The van der Waals surface area contributed by atoms with Crippen molar-refractivity contribution in [3.05, 3.63) is 35.9 Å². The van der Waals surface area contributed by atoms with E-state index in [0.29, 0.717) is 12.5 Å². The van der Waals surface area contributed by atoms with Gasteiger partial charge in [-0.2, -0.15) is 0 Å². The van der Waals surface area contributed by atoms with Crippen molar-refractivity contribution in [2.45, 2.75) is 45.2 Å². The van der Waals surface area contributed by atoms with Gasteiger partial charge in [-0.3, -0.25) is 4.79 Å². The van der Waals surface area contributed by atoms with E-state index >= 15 is 0 Å². The number of aliphatic carboxylic acids is 1. The van der Waals surface area contributed by atoms with E-state index in [9.17, 15) is 14.7 Å². The summed E-state index contributed by atoms with van der Waals surface area (Å²) in [5.74, 6) is -1.19. The number of rotatable bonds is 6. The molecule has 0 spiro atoms. The molecule has 1 aliphatic rings. The Morgan fingerprint density at radius 1 is 1.22 bits per heavy atom. The lowest BCUT2D eigenvalue weighted by atomic mass is 9.94. The van der Waals surface area contributed by atoms with Crippen LogP contribution in [-0.4, -0.2) is 47.1 Å². The van der Waals surface area contributed by atoms with Gasteiger partial charge in [-0.1, -0.05) is 30.3 Å². The summed E-state index contributed by atoms with van der Waals surface area (Å²) in [6, 6.07) is 9.01. The summed E-state index contributed by atoms with van der Waals surface area (Å²) < 4.78 is 0. The number of carboxylic acids is 1. The largest absolute Gasteiger partial charge is 0.480 e. The second kappa shape index (κ2) is 8.11. The summed E-state index contributed by atoms with van der Waals surface area (Å²) in [6.45, 7) is 6.10. The lowest BCUT2D eigenvalue weighted by Crippen LogP contribution is -2.48. The predicted octanol–water partition coefficient (Wildman–Crippen LogP) is 1.92. The Bertz CT molecular complexity index is 522. The fourth-order valence-corrected chi connectivity index (χ4v) is 3.02. The van der Waals surface area contributed by atoms with Gasteiger partial charge in [0.2, 0.25) is 5.91 Å². The molecule has 0 aromatic heterocycles. The van der Waals surface area contributed by atoms with Gasteiger partial charge in [0.05, 0.1) is 0 Å². The van der Waals surface area contributed by atoms with E-state index in [-0.39, 0.29) is 11.8 Å². The number of hydrogen-bond donors (Lipinski definition) is 2. The highest BCUT2D eigenvalue weighted by atomic mass is 16.4. The first-order valence-corrected chi connectivity index (χ1v) is 8.28. The van der Waals surface area contributed by atoms with Crippen LogP contribution in [0.3, 0.4) is 0 Å². The van der Waals surface area contributed by atoms with Crippen molar-refractivity contribution in [1.29, 1.82) is 0 Å². The number of nitrogens with zero attached hydrogens (tertiary/aromatic N) is 1. The lowest BCUT2D eigenvalue weighted by Gasteiger charge is -2.34. The Hall–Kier alpha value is -1.88. The smallest absolute Gasteiger partial charge is 0.326 e. The molecule has 0 aliphatic carbocycles. The van der Waals surface area contributed by atoms with E-state index in [1.165, 1.54) is 0 Å². The first-order chi connectivity index (χ1) is 11.0. The maximum Gasteiger partial charge on any atom is 0.326 e. The quantitative estimate of drug-likeness (QED) is 0.841. The molecule has 1 heterocycles. The molecule has 2 N–H and O–H groups in total. The van der Waals surface area contributed by atoms with Crippen molar-refractivity contribution in [2.24, 2.45) is 5.92 Å². The average molecular weight is 318 g/mol. The van der Waals surface area contributed by atoms with Crippen LogP contribution in [-0.2, 0) is 16.0 Å². The third-order valence-corrected chi connectivity index (χ3v) is 4.53. The van der Waals surface area contributed by atoms with Gasteiger partial charge >= 0.3 is 5.97 Å². The Labute approximate surface area is 137 Å². The molecule has 5 heteroatoms. The minimum Gasteiger partial charge on any atom is -0.480 e. The molecule has 1 aromatic rings. The van der Waals surface area contributed by atoms with Crippen LogP contribution in [0, 0.1) is 5.92 Å². The van der Waals surface area contributed by atoms with Crippen LogP contribution in [0.15, 0.2) is 30.3 Å². The Kier molecular flexibility index (Phi) is 6.16. The minimum absolute atomic E-state index is 0.0809. The summed E-state index contributed by atoms with van der Waals surface area (Å²) in [7, 11) is 0. The molecule has 1 aromatic carbocycles. The van der Waals surface area contributed by atoms with Crippen LogP contribution < -0.4 is 5.32 Å². The van der Waals surface area contributed by atoms with Gasteiger partial charge in [0.1, 0.15) is 6.04 Å². The average Bonchev–Trinajstić information content (AvgIpc) is 2.55. The summed E-state index contributed by atoms with van der Waals surface area (Å²) in [5.41, 5.74) is 0.912. The molecule has 126 valence electrons. The van der Waals surface area contributed by atoms with E-state index in [0.717, 1.165) is 31.5 Å². The van der Waals surface area contributed by atoms with Gasteiger partial charge in [-0.25, -0.2) is 4.79 Å². The minimum atomic E-state index is -0.984. The molecule has 2 rings (SSSR count). The third kappa shape index (κ3) is 5.06. The zero-order valence-corrected chi connectivity index (χ0v) is 13.9. The van der Waals surface area contributed by atoms with E-state index in [1.807, 2.05) is 30.3 Å². The van der Waals surface area contributed by atoms with Gasteiger partial charge in [-0.05, 0) is 45.3 Å². The van der Waals surface area contributed by atoms with Crippen molar-refractivity contribution in [3.8, 4) is 0 Å². The van der Waals surface area contributed by atoms with Crippen molar-refractivity contribution in [3.63, 3.8) is 0 Å². The number of amides is 1. The molecule has 1 saturated heterocycles. The van der Waals surface area contributed by atoms with Crippen LogP contribution in [0.5, 0.6) is 0 Å². The van der Waals surface area contributed by atoms with Crippen molar-refractivity contribution >= 4 is 11.9 Å². The van der Waals surface area contributed by atoms with E-state index in [1.54, 1.807) is 0 Å². The number of nitrogens with one attached hydrogen (secondary N) is 1. The lowest BCUT2D eigenvalue weighted by molar-refractivity contribution is -0.142. The summed E-state index contributed by atoms with van der Waals surface area (Å²) in [5, 5.41) is 12.1. The fraction of sp³-hybridized carbons (Fsp3) is 0.556. The number of piperidine rings is 1. The standard InChI is InChI=1S/C18H26N2O3/c1-13(2)20-10-8-15(9-11-20)17(21)19-16(18(22)23)12-14-6-4-3-5-7-14/h3-7,13,15-16H,8-12H2,1-2H3,(H,19,21)(H,22,23)/t16-/m0/s1. The maximum atomic E-state index is 12.4. The molecule has 0 saturated carbocycles. The van der Waals surface area contributed by atoms with Gasteiger partial charge in [0.15, 0.2) is 0 Å². The number of carboxylic acid groups (broad SMARTS) is 1. The van der Waals surface area contributed by atoms with Gasteiger partial charge in [0.25, 0.3) is 0 Å². The Balaban J connectivity index is 1.90. The first kappa shape index (κ1) is 17.5. The van der Waals surface area contributed by atoms with Gasteiger partial charge in [0, 0.05) is 18.4 Å². The highest BCUT2D eigenvalue weighted by molar-refractivity contribution is 5.85. The summed E-state index contributed by atoms with van der Waals surface area (Å²) in [4.78, 5) is 26.2. The monoisotopic (exact) mass is 318 g/mol. The van der Waals surface area contributed by atoms with Crippen LogP contribution in [0.1, 0.15) is 32.3 Å². The molecule has 0 radical (unpaired) electrons. The summed E-state index contributed by atoms with van der Waals surface area (Å²) >= 11 is 0. The second-order valence-corrected chi connectivity index (χ2v) is 6.49. The molecule has 5 nitrogen and oxygen atoms in total. The van der Waals surface area contributed by atoms with Crippen molar-refractivity contribution in [1.82, 2.24) is 10.2 Å². The third-order valence-electron chi connectivity index (χ3n) is 4.53. The number of hydrogen-bond acceptors (Lipinski definition) is 3. The fourth-order valence-electron chi connectivity index (χ4n) is 3.02. The molecule has 23 heavy (non-hydrogen) atoms. The zero-order valence-electron chi connectivity index (χ0n) is 13.9. The predicted molar refractivity (Wildman–Crippen MR) is 89.1 cm³/mol. The van der Waals surface area contributed by atoms with Crippen LogP contribution >= 0.6 is 0 Å². The van der Waals surface area contributed by atoms with Crippen molar-refractivity contribution in [2.75, 3.05) is 13.1 Å². The van der Waals surface area contributed by atoms with Gasteiger partial charge < -0.3 is 15.3 Å². The number of carbonyl (C=O) groups excluding carboxylic acids is 1. The molecule has 1 fully saturated rings. The topological polar surface area (TPSA) is 69.6 Å². The molecule has 0 bridgehead atoms. The Morgan fingerprint density at radius 3 is 2.35 bits per heavy atom. The van der Waals surface area contributed by atoms with E-state index in [2.05, 4.69) is 24.1 Å². The molecular weight excluding hydrogens is 292 g/mol. The SMILES string of the molecule is CC(C)N1CCC(C(=O)N[C@@H](Cc2ccccc2)C(=O)O)CC1. The first-order valence-electron chi connectivity index (χ1n) is 8.28. The van der Waals surface area contributed by atoms with E-state index in [4.69, 9.17) is 0 Å². The molecule has 0 unspecified atom stereocenters. The number of carbonyl (C=O) groups is 2.